The van der Waals surface area contributed by atoms with E-state index in [9.17, 15) is 0 Å². The summed E-state index contributed by atoms with van der Waals surface area (Å²) in [5.74, 6) is 0.871. The molecule has 0 saturated heterocycles. The number of benzene rings is 2. The zero-order valence-electron chi connectivity index (χ0n) is 13.7. The summed E-state index contributed by atoms with van der Waals surface area (Å²) in [6.07, 6.45) is 0.979. The number of halogens is 1. The van der Waals surface area contributed by atoms with E-state index in [0.717, 1.165) is 30.3 Å². The van der Waals surface area contributed by atoms with Gasteiger partial charge >= 0.3 is 0 Å². The summed E-state index contributed by atoms with van der Waals surface area (Å²) in [5.41, 5.74) is 2.56. The second-order valence-electron chi connectivity index (χ2n) is 6.60. The normalized spacial score (nSPS) is 15.7. The van der Waals surface area contributed by atoms with E-state index in [-0.39, 0.29) is 5.54 Å². The van der Waals surface area contributed by atoms with Crippen LogP contribution in [0.5, 0.6) is 5.75 Å². The van der Waals surface area contributed by atoms with Gasteiger partial charge in [-0.05, 0) is 56.7 Å². The highest BCUT2D eigenvalue weighted by atomic mass is 35.5. The van der Waals surface area contributed by atoms with Gasteiger partial charge in [0.1, 0.15) is 5.75 Å². The number of hydrogen-bond donors (Lipinski definition) is 1. The van der Waals surface area contributed by atoms with Crippen molar-refractivity contribution in [3.8, 4) is 5.75 Å². The molecule has 0 radical (unpaired) electrons. The maximum atomic E-state index is 5.88. The van der Waals surface area contributed by atoms with Crippen molar-refractivity contribution in [2.24, 2.45) is 0 Å². The SMILES string of the molecule is CC1(C)CN(CCCOc2ccc(Cl)cc2)c2ccccc2N1. The standard InChI is InChI=1S/C19H23ClN2O/c1-19(2)14-22(18-7-4-3-6-17(18)21-19)12-5-13-23-16-10-8-15(20)9-11-16/h3-4,6-11,21H,5,12-14H2,1-2H3. The molecule has 0 aliphatic carbocycles. The maximum absolute atomic E-state index is 5.88. The van der Waals surface area contributed by atoms with Crippen LogP contribution in [0, 0.1) is 0 Å². The van der Waals surface area contributed by atoms with Crippen molar-refractivity contribution in [1.82, 2.24) is 0 Å². The minimum Gasteiger partial charge on any atom is -0.494 e. The highest BCUT2D eigenvalue weighted by molar-refractivity contribution is 6.30. The molecular weight excluding hydrogens is 308 g/mol. The molecule has 1 heterocycles. The molecule has 0 spiro atoms. The second-order valence-corrected chi connectivity index (χ2v) is 7.04. The number of para-hydroxylation sites is 2. The summed E-state index contributed by atoms with van der Waals surface area (Å²) in [7, 11) is 0. The van der Waals surface area contributed by atoms with E-state index in [2.05, 4.69) is 48.3 Å². The Kier molecular flexibility index (Phi) is 4.67. The fraction of sp³-hybridized carbons (Fsp3) is 0.368. The summed E-state index contributed by atoms with van der Waals surface area (Å²) in [5, 5.41) is 4.34. The number of nitrogens with zero attached hydrogens (tertiary/aromatic N) is 1. The average Bonchev–Trinajstić information content (AvgIpc) is 2.52. The van der Waals surface area contributed by atoms with Crippen molar-refractivity contribution in [2.75, 3.05) is 29.9 Å². The minimum absolute atomic E-state index is 0.0748. The predicted octanol–water partition coefficient (Wildman–Crippen LogP) is 4.82. The van der Waals surface area contributed by atoms with Crippen LogP contribution in [0.25, 0.3) is 0 Å². The molecule has 0 atom stereocenters. The number of rotatable bonds is 5. The zero-order valence-corrected chi connectivity index (χ0v) is 14.4. The van der Waals surface area contributed by atoms with E-state index < -0.39 is 0 Å². The van der Waals surface area contributed by atoms with E-state index in [0.29, 0.717) is 6.61 Å². The first-order chi connectivity index (χ1) is 11.0. The lowest BCUT2D eigenvalue weighted by molar-refractivity contribution is 0.310. The van der Waals surface area contributed by atoms with Gasteiger partial charge in [0, 0.05) is 23.7 Å². The molecule has 1 aliphatic rings. The Morgan fingerprint density at radius 1 is 1.13 bits per heavy atom. The van der Waals surface area contributed by atoms with Gasteiger partial charge in [-0.25, -0.2) is 0 Å². The van der Waals surface area contributed by atoms with Gasteiger partial charge in [0.2, 0.25) is 0 Å². The summed E-state index contributed by atoms with van der Waals surface area (Å²) in [6.45, 7) is 7.15. The smallest absolute Gasteiger partial charge is 0.119 e. The third kappa shape index (κ3) is 4.11. The lowest BCUT2D eigenvalue weighted by Gasteiger charge is -2.42. The second kappa shape index (κ2) is 6.71. The molecule has 4 heteroatoms. The van der Waals surface area contributed by atoms with Crippen LogP contribution in [-0.2, 0) is 0 Å². The zero-order chi connectivity index (χ0) is 16.3. The van der Waals surface area contributed by atoms with Crippen molar-refractivity contribution >= 4 is 23.0 Å². The number of ether oxygens (including phenoxy) is 1. The molecule has 2 aromatic carbocycles. The van der Waals surface area contributed by atoms with E-state index in [4.69, 9.17) is 16.3 Å². The van der Waals surface area contributed by atoms with Gasteiger partial charge in [-0.15, -0.1) is 0 Å². The average molecular weight is 331 g/mol. The summed E-state index contributed by atoms with van der Waals surface area (Å²) in [4.78, 5) is 2.44. The van der Waals surface area contributed by atoms with Crippen LogP contribution < -0.4 is 15.0 Å². The molecule has 1 aliphatic heterocycles. The largest absolute Gasteiger partial charge is 0.494 e. The fourth-order valence-corrected chi connectivity index (χ4v) is 3.12. The molecule has 0 amide bonds. The highest BCUT2D eigenvalue weighted by Crippen LogP contribution is 2.34. The van der Waals surface area contributed by atoms with Crippen LogP contribution in [0.15, 0.2) is 48.5 Å². The molecule has 23 heavy (non-hydrogen) atoms. The Morgan fingerprint density at radius 3 is 2.65 bits per heavy atom. The van der Waals surface area contributed by atoms with E-state index >= 15 is 0 Å². The van der Waals surface area contributed by atoms with Gasteiger partial charge in [0.25, 0.3) is 0 Å². The van der Waals surface area contributed by atoms with Crippen molar-refractivity contribution in [1.29, 1.82) is 0 Å². The Hall–Kier alpha value is -1.87. The first-order valence-electron chi connectivity index (χ1n) is 8.04. The van der Waals surface area contributed by atoms with Crippen LogP contribution in [0.4, 0.5) is 11.4 Å². The molecule has 3 rings (SSSR count). The Morgan fingerprint density at radius 2 is 1.87 bits per heavy atom. The number of nitrogens with one attached hydrogen (secondary N) is 1. The van der Waals surface area contributed by atoms with Crippen LogP contribution in [0.2, 0.25) is 5.02 Å². The van der Waals surface area contributed by atoms with Gasteiger partial charge in [0.05, 0.1) is 18.0 Å². The third-order valence-electron chi connectivity index (χ3n) is 3.96. The van der Waals surface area contributed by atoms with E-state index in [1.807, 2.05) is 24.3 Å². The molecule has 0 saturated carbocycles. The van der Waals surface area contributed by atoms with E-state index in [1.165, 1.54) is 11.4 Å². The monoisotopic (exact) mass is 330 g/mol. The van der Waals surface area contributed by atoms with Crippen molar-refractivity contribution in [3.05, 3.63) is 53.6 Å². The minimum atomic E-state index is 0.0748. The molecule has 0 unspecified atom stereocenters. The Bertz CT molecular complexity index is 655. The molecule has 0 fully saturated rings. The number of anilines is 2. The summed E-state index contributed by atoms with van der Waals surface area (Å²) in [6, 6.07) is 16.0. The van der Waals surface area contributed by atoms with Crippen LogP contribution in [0.3, 0.4) is 0 Å². The molecule has 122 valence electrons. The van der Waals surface area contributed by atoms with E-state index in [1.54, 1.807) is 0 Å². The van der Waals surface area contributed by atoms with Gasteiger partial charge in [0.15, 0.2) is 0 Å². The van der Waals surface area contributed by atoms with Crippen molar-refractivity contribution in [3.63, 3.8) is 0 Å². The molecule has 0 bridgehead atoms. The van der Waals surface area contributed by atoms with Gasteiger partial charge in [-0.1, -0.05) is 23.7 Å². The first kappa shape index (κ1) is 16.0. The van der Waals surface area contributed by atoms with Crippen LogP contribution in [-0.4, -0.2) is 25.2 Å². The number of hydrogen-bond acceptors (Lipinski definition) is 3. The van der Waals surface area contributed by atoms with Crippen molar-refractivity contribution in [2.45, 2.75) is 25.8 Å². The van der Waals surface area contributed by atoms with Gasteiger partial charge in [-0.3, -0.25) is 0 Å². The van der Waals surface area contributed by atoms with Crippen molar-refractivity contribution < 1.29 is 4.74 Å². The molecular formula is C19H23ClN2O. The molecule has 3 nitrogen and oxygen atoms in total. The number of fused-ring (bicyclic) bond motifs is 1. The van der Waals surface area contributed by atoms with Crippen LogP contribution in [0.1, 0.15) is 20.3 Å². The quantitative estimate of drug-likeness (QED) is 0.795. The first-order valence-corrected chi connectivity index (χ1v) is 8.42. The lowest BCUT2D eigenvalue weighted by Crippen LogP contribution is -2.48. The maximum Gasteiger partial charge on any atom is 0.119 e. The Balaban J connectivity index is 1.56. The fourth-order valence-electron chi connectivity index (χ4n) is 3.00. The van der Waals surface area contributed by atoms with Crippen LogP contribution >= 0.6 is 11.6 Å². The summed E-state index contributed by atoms with van der Waals surface area (Å²) >= 11 is 5.88. The lowest BCUT2D eigenvalue weighted by atomic mass is 9.99. The Labute approximate surface area is 143 Å². The molecule has 1 N–H and O–H groups in total. The summed E-state index contributed by atoms with van der Waals surface area (Å²) < 4.78 is 5.79. The molecule has 2 aromatic rings. The van der Waals surface area contributed by atoms with Gasteiger partial charge in [-0.2, -0.15) is 0 Å². The third-order valence-corrected chi connectivity index (χ3v) is 4.21. The highest BCUT2D eigenvalue weighted by Gasteiger charge is 2.28. The topological polar surface area (TPSA) is 24.5 Å². The predicted molar refractivity (Wildman–Crippen MR) is 97.9 cm³/mol. The molecule has 0 aromatic heterocycles. The van der Waals surface area contributed by atoms with Gasteiger partial charge < -0.3 is 15.0 Å².